The number of hydrogen-bond donors (Lipinski definition) is 1. The maximum absolute atomic E-state index is 13.3. The van der Waals surface area contributed by atoms with Crippen molar-refractivity contribution < 1.29 is 18.0 Å². The van der Waals surface area contributed by atoms with Crippen molar-refractivity contribution in [1.82, 2.24) is 14.6 Å². The van der Waals surface area contributed by atoms with E-state index in [-0.39, 0.29) is 37.2 Å². The molecule has 2 heterocycles. The molecule has 3 aromatic rings. The largest absolute Gasteiger partial charge is 0.433 e. The molecule has 1 N–H and O–H groups in total. The maximum atomic E-state index is 13.3. The zero-order valence-electron chi connectivity index (χ0n) is 12.8. The van der Waals surface area contributed by atoms with Crippen LogP contribution in [-0.4, -0.2) is 20.5 Å². The Morgan fingerprint density at radius 2 is 1.88 bits per heavy atom. The van der Waals surface area contributed by atoms with Crippen LogP contribution < -0.4 is 5.32 Å². The van der Waals surface area contributed by atoms with Gasteiger partial charge >= 0.3 is 6.18 Å². The van der Waals surface area contributed by atoms with E-state index in [0.717, 1.165) is 6.07 Å². The van der Waals surface area contributed by atoms with Crippen LogP contribution >= 0.6 is 39.1 Å². The van der Waals surface area contributed by atoms with Crippen LogP contribution in [0.25, 0.3) is 5.65 Å². The molecule has 0 unspecified atom stereocenters. The Bertz CT molecular complexity index is 1020. The van der Waals surface area contributed by atoms with Gasteiger partial charge in [0.1, 0.15) is 5.69 Å². The van der Waals surface area contributed by atoms with E-state index in [0.29, 0.717) is 4.52 Å². The van der Waals surface area contributed by atoms with E-state index in [4.69, 9.17) is 23.2 Å². The SMILES string of the molecule is Cc1cc(C(F)(F)F)n2nc(C(=O)Nc3c(Cl)cccc3Cl)c(Br)c2n1. The summed E-state index contributed by atoms with van der Waals surface area (Å²) in [6.07, 6.45) is -4.67. The summed E-state index contributed by atoms with van der Waals surface area (Å²) >= 11 is 15.1. The van der Waals surface area contributed by atoms with Crippen molar-refractivity contribution in [2.24, 2.45) is 0 Å². The number of rotatable bonds is 2. The van der Waals surface area contributed by atoms with Gasteiger partial charge in [0.2, 0.25) is 0 Å². The smallest absolute Gasteiger partial charge is 0.318 e. The Balaban J connectivity index is 2.11. The topological polar surface area (TPSA) is 59.3 Å². The molecule has 0 aliphatic rings. The number of aryl methyl sites for hydroxylation is 1. The summed E-state index contributed by atoms with van der Waals surface area (Å²) in [5, 5.41) is 6.57. The van der Waals surface area contributed by atoms with Gasteiger partial charge in [0.25, 0.3) is 5.91 Å². The number of fused-ring (bicyclic) bond motifs is 1. The quantitative estimate of drug-likeness (QED) is 0.550. The predicted octanol–water partition coefficient (Wildman–Crippen LogP) is 5.38. The average Bonchev–Trinajstić information content (AvgIpc) is 2.86. The molecule has 0 aliphatic carbocycles. The van der Waals surface area contributed by atoms with Gasteiger partial charge in [0.15, 0.2) is 11.3 Å². The molecule has 0 spiro atoms. The lowest BCUT2D eigenvalue weighted by Crippen LogP contribution is -2.16. The molecule has 0 fully saturated rings. The molecule has 0 bridgehead atoms. The molecule has 0 radical (unpaired) electrons. The van der Waals surface area contributed by atoms with Gasteiger partial charge < -0.3 is 5.32 Å². The van der Waals surface area contributed by atoms with Crippen LogP contribution in [-0.2, 0) is 6.18 Å². The Morgan fingerprint density at radius 3 is 2.46 bits per heavy atom. The zero-order chi connectivity index (χ0) is 19.2. The van der Waals surface area contributed by atoms with Crippen molar-refractivity contribution in [2.75, 3.05) is 5.32 Å². The number of carbonyl (C=O) groups excluding carboxylic acids is 1. The second-order valence-electron chi connectivity index (χ2n) is 5.23. The second kappa shape index (κ2) is 6.71. The lowest BCUT2D eigenvalue weighted by atomic mass is 10.3. The lowest BCUT2D eigenvalue weighted by molar-refractivity contribution is -0.142. The molecule has 0 saturated carbocycles. The van der Waals surface area contributed by atoms with Crippen molar-refractivity contribution in [3.05, 3.63) is 55.9 Å². The van der Waals surface area contributed by atoms with Crippen molar-refractivity contribution >= 4 is 56.4 Å². The molecular weight excluding hydrogens is 460 g/mol. The molecule has 0 aliphatic heterocycles. The van der Waals surface area contributed by atoms with Crippen LogP contribution in [0.15, 0.2) is 28.7 Å². The number of aromatic nitrogens is 3. The van der Waals surface area contributed by atoms with Crippen LogP contribution in [0.1, 0.15) is 21.9 Å². The highest BCUT2D eigenvalue weighted by molar-refractivity contribution is 9.10. The Hall–Kier alpha value is -1.84. The van der Waals surface area contributed by atoms with Gasteiger partial charge in [-0.05, 0) is 41.1 Å². The molecule has 1 amide bonds. The first-order chi connectivity index (χ1) is 12.1. The van der Waals surface area contributed by atoms with Gasteiger partial charge in [-0.2, -0.15) is 18.3 Å². The number of alkyl halides is 3. The highest BCUT2D eigenvalue weighted by Gasteiger charge is 2.36. The fourth-order valence-corrected chi connectivity index (χ4v) is 3.26. The number of nitrogens with zero attached hydrogens (tertiary/aromatic N) is 3. The minimum Gasteiger partial charge on any atom is -0.318 e. The summed E-state index contributed by atoms with van der Waals surface area (Å²) in [7, 11) is 0. The molecule has 136 valence electrons. The number of carbonyl (C=O) groups is 1. The molecule has 0 saturated heterocycles. The summed E-state index contributed by atoms with van der Waals surface area (Å²) in [4.78, 5) is 16.5. The molecule has 0 atom stereocenters. The Morgan fingerprint density at radius 1 is 1.27 bits per heavy atom. The van der Waals surface area contributed by atoms with E-state index in [1.807, 2.05) is 0 Å². The van der Waals surface area contributed by atoms with Crippen molar-refractivity contribution in [3.8, 4) is 0 Å². The van der Waals surface area contributed by atoms with Crippen LogP contribution in [0.2, 0.25) is 10.0 Å². The third kappa shape index (κ3) is 3.38. The third-order valence-corrected chi connectivity index (χ3v) is 4.73. The van der Waals surface area contributed by atoms with Crippen molar-refractivity contribution in [2.45, 2.75) is 13.1 Å². The summed E-state index contributed by atoms with van der Waals surface area (Å²) in [6, 6.07) is 5.45. The number of halogens is 6. The van der Waals surface area contributed by atoms with Crippen LogP contribution in [0.5, 0.6) is 0 Å². The monoisotopic (exact) mass is 466 g/mol. The van der Waals surface area contributed by atoms with E-state index in [1.165, 1.54) is 19.1 Å². The lowest BCUT2D eigenvalue weighted by Gasteiger charge is -2.09. The van der Waals surface area contributed by atoms with E-state index in [1.54, 1.807) is 6.07 Å². The normalized spacial score (nSPS) is 11.8. The molecule has 2 aromatic heterocycles. The summed E-state index contributed by atoms with van der Waals surface area (Å²) in [6.45, 7) is 1.41. The first-order valence-corrected chi connectivity index (χ1v) is 8.53. The third-order valence-electron chi connectivity index (χ3n) is 3.37. The number of para-hydroxylation sites is 1. The van der Waals surface area contributed by atoms with E-state index < -0.39 is 17.8 Å². The molecule has 26 heavy (non-hydrogen) atoms. The summed E-state index contributed by atoms with van der Waals surface area (Å²) < 4.78 is 40.3. The highest BCUT2D eigenvalue weighted by atomic mass is 79.9. The predicted molar refractivity (Wildman–Crippen MR) is 94.8 cm³/mol. The van der Waals surface area contributed by atoms with E-state index in [9.17, 15) is 18.0 Å². The zero-order valence-corrected chi connectivity index (χ0v) is 15.9. The highest BCUT2D eigenvalue weighted by Crippen LogP contribution is 2.34. The Labute approximate surface area is 163 Å². The second-order valence-corrected chi connectivity index (χ2v) is 6.84. The molecule has 5 nitrogen and oxygen atoms in total. The van der Waals surface area contributed by atoms with Gasteiger partial charge in [0, 0.05) is 5.69 Å². The van der Waals surface area contributed by atoms with Gasteiger partial charge in [-0.3, -0.25) is 4.79 Å². The molecular formula is C15H8BrCl2F3N4O. The van der Waals surface area contributed by atoms with E-state index >= 15 is 0 Å². The van der Waals surface area contributed by atoms with Crippen LogP contribution in [0.4, 0.5) is 18.9 Å². The Kier molecular flexibility index (Phi) is 4.89. The number of hydrogen-bond acceptors (Lipinski definition) is 3. The van der Waals surface area contributed by atoms with Crippen LogP contribution in [0.3, 0.4) is 0 Å². The van der Waals surface area contributed by atoms with Crippen molar-refractivity contribution in [1.29, 1.82) is 0 Å². The number of benzene rings is 1. The molecule has 3 rings (SSSR count). The van der Waals surface area contributed by atoms with E-state index in [2.05, 4.69) is 31.3 Å². The maximum Gasteiger partial charge on any atom is 0.433 e. The first-order valence-electron chi connectivity index (χ1n) is 6.98. The fourth-order valence-electron chi connectivity index (χ4n) is 2.25. The minimum absolute atomic E-state index is 0.0207. The van der Waals surface area contributed by atoms with Gasteiger partial charge in [0.05, 0.1) is 20.2 Å². The van der Waals surface area contributed by atoms with Gasteiger partial charge in [-0.25, -0.2) is 9.50 Å². The van der Waals surface area contributed by atoms with Gasteiger partial charge in [-0.15, -0.1) is 0 Å². The van der Waals surface area contributed by atoms with Crippen molar-refractivity contribution in [3.63, 3.8) is 0 Å². The summed E-state index contributed by atoms with van der Waals surface area (Å²) in [5.41, 5.74) is -1.20. The number of nitrogens with one attached hydrogen (secondary N) is 1. The standard InChI is InChI=1S/C15H8BrCl2F3N4O/c1-6-5-9(15(19,20)21)25-13(22-6)10(16)12(24-25)14(26)23-11-7(17)3-2-4-8(11)18/h2-5H,1H3,(H,23,26). The number of anilines is 1. The summed E-state index contributed by atoms with van der Waals surface area (Å²) in [5.74, 6) is -0.789. The molecule has 11 heteroatoms. The van der Waals surface area contributed by atoms with Crippen LogP contribution in [0, 0.1) is 6.92 Å². The number of amides is 1. The average molecular weight is 468 g/mol. The first kappa shape index (κ1) is 18.9. The fraction of sp³-hybridized carbons (Fsp3) is 0.133. The molecule has 1 aromatic carbocycles. The minimum atomic E-state index is -4.67. The van der Waals surface area contributed by atoms with Gasteiger partial charge in [-0.1, -0.05) is 29.3 Å².